The summed E-state index contributed by atoms with van der Waals surface area (Å²) in [5.41, 5.74) is -5.87. The van der Waals surface area contributed by atoms with E-state index in [1.54, 1.807) is 36.3 Å². The number of rotatable bonds is 5. The summed E-state index contributed by atoms with van der Waals surface area (Å²) in [6.45, 7) is 3.76. The Morgan fingerprint density at radius 3 is 2.58 bits per heavy atom. The Morgan fingerprint density at radius 1 is 1.21 bits per heavy atom. The van der Waals surface area contributed by atoms with Crippen LogP contribution in [0.1, 0.15) is 51.5 Å². The second kappa shape index (κ2) is 10.4. The molecule has 1 heterocycles. The highest BCUT2D eigenvalue weighted by molar-refractivity contribution is 8.13. The van der Waals surface area contributed by atoms with Crippen LogP contribution in [-0.2, 0) is 21.0 Å². The number of hydrogen-bond acceptors (Lipinski definition) is 6. The van der Waals surface area contributed by atoms with Gasteiger partial charge in [0, 0.05) is 59.4 Å². The molecule has 1 aliphatic heterocycles. The molecule has 0 unspecified atom stereocenters. The van der Waals surface area contributed by atoms with Gasteiger partial charge in [-0.3, -0.25) is 14.4 Å². The van der Waals surface area contributed by atoms with E-state index < -0.39 is 75.2 Å². The number of thioether (sulfide) groups is 1. The maximum absolute atomic E-state index is 17.6. The number of aliphatic hydroxyl groups excluding tert-OH is 1. The van der Waals surface area contributed by atoms with Crippen molar-refractivity contribution in [2.75, 3.05) is 12.3 Å². The summed E-state index contributed by atoms with van der Waals surface area (Å²) in [6.07, 6.45) is -5.22. The van der Waals surface area contributed by atoms with Crippen molar-refractivity contribution < 1.29 is 41.5 Å². The van der Waals surface area contributed by atoms with Gasteiger partial charge in [-0.05, 0) is 55.0 Å². The molecular formula is C31H33ClF5NO4S. The Labute approximate surface area is 255 Å². The number of hydroxylamine groups is 2. The number of fused-ring (bicyclic) bond motifs is 7. The van der Waals surface area contributed by atoms with Crippen LogP contribution < -0.4 is 0 Å². The molecule has 1 saturated heterocycles. The number of benzene rings is 1. The number of aliphatic hydroxyl groups is 1. The normalized spacial score (nSPS) is 40.7. The molecule has 0 aromatic heterocycles. The minimum absolute atomic E-state index is 0.0403. The number of halogens is 6. The lowest BCUT2D eigenvalue weighted by molar-refractivity contribution is -0.263. The van der Waals surface area contributed by atoms with E-state index in [0.717, 1.165) is 5.56 Å². The molecule has 5 aliphatic rings. The predicted molar refractivity (Wildman–Crippen MR) is 151 cm³/mol. The van der Waals surface area contributed by atoms with Crippen molar-refractivity contribution in [2.45, 2.75) is 76.0 Å². The SMILES string of the molecule is C[C@]12C=CC(=O)CC1=C(F)C[C@H]1[C@@H]3C[C@H]4CN(Cc5ccc(Cl)cc5)O[C@@]4(C(=O)SCCC(F)(F)F)[C@@]3(C)C[C@H](O)[C@@]12F. The zero-order valence-corrected chi connectivity index (χ0v) is 25.3. The number of allylic oxidation sites excluding steroid dienone is 4. The van der Waals surface area contributed by atoms with Gasteiger partial charge in [-0.1, -0.05) is 48.5 Å². The highest BCUT2D eigenvalue weighted by Gasteiger charge is 2.79. The minimum atomic E-state index is -4.45. The second-order valence-corrected chi connectivity index (χ2v) is 14.6. The molecule has 6 rings (SSSR count). The Morgan fingerprint density at radius 2 is 1.91 bits per heavy atom. The van der Waals surface area contributed by atoms with Crippen LogP contribution in [0, 0.1) is 28.6 Å². The summed E-state index contributed by atoms with van der Waals surface area (Å²) in [5.74, 6) is -3.63. The van der Waals surface area contributed by atoms with Crippen LogP contribution in [0.25, 0.3) is 0 Å². The van der Waals surface area contributed by atoms with Gasteiger partial charge in [-0.15, -0.1) is 0 Å². The standard InChI is InChI=1S/C31H33ClF5NO4S/c1-27-8-7-20(39)12-23(27)24(33)13-22-21-11-18-16-38(15-17-3-5-19(32)6-4-17)42-31(18,26(41)43-10-9-29(34,35)36)28(21,2)14-25(40)30(22,27)37/h3-8,18,21-22,25,40H,9-16H2,1-2H3/t18-,21-,22-,25-,27-,28-,30-,31-/m0/s1. The lowest BCUT2D eigenvalue weighted by Gasteiger charge is -2.62. The molecule has 5 nitrogen and oxygen atoms in total. The predicted octanol–water partition coefficient (Wildman–Crippen LogP) is 6.93. The van der Waals surface area contributed by atoms with Gasteiger partial charge in [0.25, 0.3) is 0 Å². The first-order chi connectivity index (χ1) is 20.0. The fourth-order valence-electron chi connectivity index (χ4n) is 8.89. The van der Waals surface area contributed by atoms with E-state index in [1.165, 1.54) is 19.1 Å². The van der Waals surface area contributed by atoms with E-state index in [2.05, 4.69) is 0 Å². The maximum atomic E-state index is 17.6. The zero-order chi connectivity index (χ0) is 31.2. The van der Waals surface area contributed by atoms with E-state index in [9.17, 15) is 27.9 Å². The van der Waals surface area contributed by atoms with Gasteiger partial charge in [0.05, 0.1) is 12.5 Å². The fourth-order valence-corrected chi connectivity index (χ4v) is 10.2. The van der Waals surface area contributed by atoms with Crippen molar-refractivity contribution in [3.63, 3.8) is 0 Å². The van der Waals surface area contributed by atoms with Gasteiger partial charge in [0.1, 0.15) is 5.83 Å². The Kier molecular flexibility index (Phi) is 7.53. The van der Waals surface area contributed by atoms with E-state index in [4.69, 9.17) is 16.4 Å². The fraction of sp³-hybridized carbons (Fsp3) is 0.613. The molecule has 3 fully saturated rings. The molecule has 0 radical (unpaired) electrons. The van der Waals surface area contributed by atoms with Crippen LogP contribution in [0.3, 0.4) is 0 Å². The van der Waals surface area contributed by atoms with E-state index in [0.29, 0.717) is 16.8 Å². The van der Waals surface area contributed by atoms with Gasteiger partial charge >= 0.3 is 6.18 Å². The third-order valence-electron chi connectivity index (χ3n) is 10.9. The molecule has 234 valence electrons. The maximum Gasteiger partial charge on any atom is 0.389 e. The summed E-state index contributed by atoms with van der Waals surface area (Å²) in [4.78, 5) is 32.8. The summed E-state index contributed by atoms with van der Waals surface area (Å²) >= 11 is 6.56. The molecule has 12 heteroatoms. The van der Waals surface area contributed by atoms with Gasteiger partial charge < -0.3 is 5.11 Å². The van der Waals surface area contributed by atoms with Crippen LogP contribution in [0.5, 0.6) is 0 Å². The molecule has 8 atom stereocenters. The smallest absolute Gasteiger partial charge is 0.389 e. The zero-order valence-electron chi connectivity index (χ0n) is 23.7. The number of carbonyl (C=O) groups is 2. The Bertz CT molecular complexity index is 1400. The summed E-state index contributed by atoms with van der Waals surface area (Å²) < 4.78 is 72.4. The molecule has 1 N–H and O–H groups in total. The van der Waals surface area contributed by atoms with Crippen LogP contribution in [0.4, 0.5) is 22.0 Å². The third-order valence-corrected chi connectivity index (χ3v) is 12.1. The van der Waals surface area contributed by atoms with Gasteiger partial charge in [0.15, 0.2) is 17.1 Å². The summed E-state index contributed by atoms with van der Waals surface area (Å²) in [5, 5.41) is 13.2. The number of ketones is 1. The lowest BCUT2D eigenvalue weighted by Crippen LogP contribution is -2.69. The average Bonchev–Trinajstić information content (AvgIpc) is 3.40. The van der Waals surface area contributed by atoms with Crippen molar-refractivity contribution in [3.8, 4) is 0 Å². The molecule has 1 aromatic rings. The third kappa shape index (κ3) is 4.58. The number of alkyl halides is 4. The van der Waals surface area contributed by atoms with Gasteiger partial charge in [-0.2, -0.15) is 18.2 Å². The minimum Gasteiger partial charge on any atom is -0.390 e. The van der Waals surface area contributed by atoms with Crippen LogP contribution in [0.2, 0.25) is 5.02 Å². The van der Waals surface area contributed by atoms with Gasteiger partial charge in [0.2, 0.25) is 5.12 Å². The average molecular weight is 646 g/mol. The van der Waals surface area contributed by atoms with Gasteiger partial charge in [-0.25, -0.2) is 8.78 Å². The molecule has 4 aliphatic carbocycles. The van der Waals surface area contributed by atoms with Crippen molar-refractivity contribution >= 4 is 34.3 Å². The number of nitrogens with zero attached hydrogens (tertiary/aromatic N) is 1. The largest absolute Gasteiger partial charge is 0.390 e. The Balaban J connectivity index is 1.38. The van der Waals surface area contributed by atoms with Crippen molar-refractivity contribution in [1.82, 2.24) is 5.06 Å². The highest BCUT2D eigenvalue weighted by Crippen LogP contribution is 2.73. The lowest BCUT2D eigenvalue weighted by atomic mass is 9.45. The van der Waals surface area contributed by atoms with Crippen LogP contribution in [-0.4, -0.2) is 56.9 Å². The first kappa shape index (κ1) is 31.2. The molecule has 0 amide bonds. The monoisotopic (exact) mass is 645 g/mol. The summed E-state index contributed by atoms with van der Waals surface area (Å²) in [6, 6.07) is 7.03. The molecule has 43 heavy (non-hydrogen) atoms. The molecule has 0 bridgehead atoms. The van der Waals surface area contributed by atoms with E-state index >= 15 is 8.78 Å². The molecule has 1 aromatic carbocycles. The molecule has 2 saturated carbocycles. The van der Waals surface area contributed by atoms with Crippen LogP contribution >= 0.6 is 23.4 Å². The number of hydrogen-bond donors (Lipinski definition) is 1. The van der Waals surface area contributed by atoms with E-state index in [1.807, 2.05) is 0 Å². The van der Waals surface area contributed by atoms with E-state index in [-0.39, 0.29) is 50.1 Å². The molecular weight excluding hydrogens is 613 g/mol. The van der Waals surface area contributed by atoms with Crippen LogP contribution in [0.15, 0.2) is 47.8 Å². The van der Waals surface area contributed by atoms with Crippen molar-refractivity contribution in [2.24, 2.45) is 28.6 Å². The quantitative estimate of drug-likeness (QED) is 0.351. The first-order valence-electron chi connectivity index (χ1n) is 14.4. The second-order valence-electron chi connectivity index (χ2n) is 13.1. The Hall–Kier alpha value is -1.79. The first-order valence-corrected chi connectivity index (χ1v) is 15.8. The highest BCUT2D eigenvalue weighted by atomic mass is 35.5. The molecule has 0 spiro atoms. The number of carbonyl (C=O) groups excluding carboxylic acids is 2. The summed E-state index contributed by atoms with van der Waals surface area (Å²) in [7, 11) is 0. The topological polar surface area (TPSA) is 66.8 Å². The van der Waals surface area contributed by atoms with Crippen molar-refractivity contribution in [3.05, 3.63) is 58.4 Å². The van der Waals surface area contributed by atoms with Crippen molar-refractivity contribution in [1.29, 1.82) is 0 Å².